The zero-order chi connectivity index (χ0) is 18.3. The first kappa shape index (κ1) is 18.7. The van der Waals surface area contributed by atoms with Crippen LogP contribution >= 0.6 is 0 Å². The Morgan fingerprint density at radius 2 is 2.04 bits per heavy atom. The summed E-state index contributed by atoms with van der Waals surface area (Å²) in [6.45, 7) is 2.62. The Morgan fingerprint density at radius 1 is 1.24 bits per heavy atom. The summed E-state index contributed by atoms with van der Waals surface area (Å²) in [7, 11) is -3.39. The molecule has 1 heterocycles. The fraction of sp³-hybridized carbons (Fsp3) is 0.294. The zero-order valence-electron chi connectivity index (χ0n) is 14.2. The molecule has 0 saturated heterocycles. The molecule has 0 atom stereocenters. The highest BCUT2D eigenvalue weighted by molar-refractivity contribution is 7.92. The maximum absolute atomic E-state index is 12.3. The van der Waals surface area contributed by atoms with Gasteiger partial charge in [-0.3, -0.25) is 9.52 Å². The molecule has 1 amide bonds. The fourth-order valence-corrected chi connectivity index (χ4v) is 2.62. The second-order valence-corrected chi connectivity index (χ2v) is 7.22. The number of aromatic nitrogens is 1. The molecule has 0 aliphatic carbocycles. The molecule has 0 aliphatic rings. The van der Waals surface area contributed by atoms with Crippen LogP contribution in [0.25, 0.3) is 0 Å². The van der Waals surface area contributed by atoms with Gasteiger partial charge in [0.15, 0.2) is 0 Å². The van der Waals surface area contributed by atoms with E-state index in [4.69, 9.17) is 4.74 Å². The molecule has 0 saturated carbocycles. The average molecular weight is 363 g/mol. The van der Waals surface area contributed by atoms with Crippen LogP contribution in [-0.4, -0.2) is 32.1 Å². The smallest absolute Gasteiger partial charge is 0.256 e. The average Bonchev–Trinajstić information content (AvgIpc) is 2.54. The number of pyridine rings is 1. The molecular weight excluding hydrogens is 342 g/mol. The van der Waals surface area contributed by atoms with Crippen LogP contribution in [0, 0.1) is 0 Å². The van der Waals surface area contributed by atoms with Gasteiger partial charge in [-0.1, -0.05) is 19.4 Å². The second-order valence-electron chi connectivity index (χ2n) is 5.47. The molecular formula is C17H21N3O4S. The van der Waals surface area contributed by atoms with E-state index in [2.05, 4.69) is 15.0 Å². The van der Waals surface area contributed by atoms with Crippen LogP contribution in [0.5, 0.6) is 11.6 Å². The summed E-state index contributed by atoms with van der Waals surface area (Å²) in [6, 6.07) is 9.71. The van der Waals surface area contributed by atoms with E-state index in [-0.39, 0.29) is 11.8 Å². The number of carbonyl (C=O) groups is 1. The van der Waals surface area contributed by atoms with E-state index in [1.165, 1.54) is 12.3 Å². The lowest BCUT2D eigenvalue weighted by Gasteiger charge is -2.11. The fourth-order valence-electron chi connectivity index (χ4n) is 2.07. The van der Waals surface area contributed by atoms with Gasteiger partial charge in [0.05, 0.1) is 11.9 Å². The molecule has 0 spiro atoms. The third kappa shape index (κ3) is 6.07. The van der Waals surface area contributed by atoms with E-state index in [0.717, 1.165) is 19.1 Å². The molecule has 0 aliphatic heterocycles. The summed E-state index contributed by atoms with van der Waals surface area (Å²) in [5, 5.41) is 2.82. The molecule has 2 N–H and O–H groups in total. The normalized spacial score (nSPS) is 11.0. The molecule has 25 heavy (non-hydrogen) atoms. The SMILES string of the molecule is CCCCNC(=O)c1cccnc1Oc1cccc(NS(C)(=O)=O)c1. The van der Waals surface area contributed by atoms with E-state index in [0.29, 0.717) is 23.5 Å². The van der Waals surface area contributed by atoms with Gasteiger partial charge in [-0.05, 0) is 30.7 Å². The Hall–Kier alpha value is -2.61. The number of unbranched alkanes of at least 4 members (excludes halogenated alkanes) is 1. The molecule has 0 bridgehead atoms. The van der Waals surface area contributed by atoms with Crippen LogP contribution in [0.15, 0.2) is 42.6 Å². The van der Waals surface area contributed by atoms with Gasteiger partial charge in [0, 0.05) is 18.8 Å². The van der Waals surface area contributed by atoms with Gasteiger partial charge in [-0.15, -0.1) is 0 Å². The standard InChI is InChI=1S/C17H21N3O4S/c1-3-4-10-18-16(21)15-9-6-11-19-17(15)24-14-8-5-7-13(12-14)20-25(2,22)23/h5-9,11-12,20H,3-4,10H2,1-2H3,(H,18,21). The number of hydrogen-bond donors (Lipinski definition) is 2. The molecule has 0 unspecified atom stereocenters. The summed E-state index contributed by atoms with van der Waals surface area (Å²) < 4.78 is 30.7. The Labute approximate surface area is 147 Å². The number of nitrogens with zero attached hydrogens (tertiary/aromatic N) is 1. The van der Waals surface area contributed by atoms with Crippen molar-refractivity contribution in [3.05, 3.63) is 48.2 Å². The monoisotopic (exact) mass is 363 g/mol. The molecule has 2 rings (SSSR count). The molecule has 0 radical (unpaired) electrons. The Bertz CT molecular complexity index is 837. The third-order valence-corrected chi connectivity index (χ3v) is 3.79. The molecule has 1 aromatic carbocycles. The van der Waals surface area contributed by atoms with Crippen molar-refractivity contribution in [3.8, 4) is 11.6 Å². The number of sulfonamides is 1. The minimum atomic E-state index is -3.39. The van der Waals surface area contributed by atoms with Crippen molar-refractivity contribution in [2.45, 2.75) is 19.8 Å². The van der Waals surface area contributed by atoms with Crippen molar-refractivity contribution in [2.24, 2.45) is 0 Å². The molecule has 7 nitrogen and oxygen atoms in total. The first-order valence-electron chi connectivity index (χ1n) is 7.88. The Morgan fingerprint density at radius 3 is 2.76 bits per heavy atom. The maximum atomic E-state index is 12.3. The highest BCUT2D eigenvalue weighted by Gasteiger charge is 2.14. The maximum Gasteiger partial charge on any atom is 0.256 e. The van der Waals surface area contributed by atoms with Crippen molar-refractivity contribution in [2.75, 3.05) is 17.5 Å². The minimum absolute atomic E-state index is 0.160. The van der Waals surface area contributed by atoms with Crippen molar-refractivity contribution in [3.63, 3.8) is 0 Å². The summed E-state index contributed by atoms with van der Waals surface area (Å²) in [4.78, 5) is 16.4. The van der Waals surface area contributed by atoms with Crippen LogP contribution in [0.1, 0.15) is 30.1 Å². The van der Waals surface area contributed by atoms with Crippen LogP contribution in [0.2, 0.25) is 0 Å². The number of anilines is 1. The number of carbonyl (C=O) groups excluding carboxylic acids is 1. The topological polar surface area (TPSA) is 97.4 Å². The minimum Gasteiger partial charge on any atom is -0.438 e. The van der Waals surface area contributed by atoms with Crippen molar-refractivity contribution < 1.29 is 17.9 Å². The quantitative estimate of drug-likeness (QED) is 0.703. The van der Waals surface area contributed by atoms with Gasteiger partial charge < -0.3 is 10.1 Å². The second kappa shape index (κ2) is 8.48. The summed E-state index contributed by atoms with van der Waals surface area (Å²) in [5.41, 5.74) is 0.685. The number of benzene rings is 1. The number of nitrogens with one attached hydrogen (secondary N) is 2. The van der Waals surface area contributed by atoms with E-state index >= 15 is 0 Å². The predicted octanol–water partition coefficient (Wildman–Crippen LogP) is 2.78. The van der Waals surface area contributed by atoms with E-state index in [9.17, 15) is 13.2 Å². The summed E-state index contributed by atoms with van der Waals surface area (Å²) in [6.07, 6.45) is 4.47. The van der Waals surface area contributed by atoms with Crippen molar-refractivity contribution >= 4 is 21.6 Å². The Balaban J connectivity index is 2.18. The molecule has 1 aromatic heterocycles. The number of amides is 1. The molecule has 2 aromatic rings. The highest BCUT2D eigenvalue weighted by Crippen LogP contribution is 2.25. The van der Waals surface area contributed by atoms with Crippen molar-refractivity contribution in [1.29, 1.82) is 0 Å². The lowest BCUT2D eigenvalue weighted by Crippen LogP contribution is -2.24. The summed E-state index contributed by atoms with van der Waals surface area (Å²) >= 11 is 0. The van der Waals surface area contributed by atoms with Crippen molar-refractivity contribution in [1.82, 2.24) is 10.3 Å². The van der Waals surface area contributed by atoms with Gasteiger partial charge in [-0.25, -0.2) is 13.4 Å². The first-order chi connectivity index (χ1) is 11.9. The van der Waals surface area contributed by atoms with Gasteiger partial charge >= 0.3 is 0 Å². The van der Waals surface area contributed by atoms with E-state index in [1.807, 2.05) is 6.92 Å². The third-order valence-electron chi connectivity index (χ3n) is 3.18. The highest BCUT2D eigenvalue weighted by atomic mass is 32.2. The Kier molecular flexibility index (Phi) is 6.35. The van der Waals surface area contributed by atoms with E-state index in [1.54, 1.807) is 30.3 Å². The van der Waals surface area contributed by atoms with E-state index < -0.39 is 10.0 Å². The lowest BCUT2D eigenvalue weighted by atomic mass is 10.2. The van der Waals surface area contributed by atoms with Crippen LogP contribution < -0.4 is 14.8 Å². The molecule has 0 fully saturated rings. The van der Waals surface area contributed by atoms with Crippen LogP contribution in [0.3, 0.4) is 0 Å². The number of hydrogen-bond acceptors (Lipinski definition) is 5. The summed E-state index contributed by atoms with van der Waals surface area (Å²) in [5.74, 6) is 0.268. The first-order valence-corrected chi connectivity index (χ1v) is 9.77. The molecule has 134 valence electrons. The zero-order valence-corrected chi connectivity index (χ0v) is 15.0. The van der Waals surface area contributed by atoms with Gasteiger partial charge in [0.25, 0.3) is 5.91 Å². The number of rotatable bonds is 8. The number of ether oxygens (including phenoxy) is 1. The van der Waals surface area contributed by atoms with Crippen LogP contribution in [0.4, 0.5) is 5.69 Å². The van der Waals surface area contributed by atoms with Gasteiger partial charge in [-0.2, -0.15) is 0 Å². The van der Waals surface area contributed by atoms with Gasteiger partial charge in [0.1, 0.15) is 11.3 Å². The predicted molar refractivity (Wildman–Crippen MR) is 96.5 cm³/mol. The van der Waals surface area contributed by atoms with Crippen LogP contribution in [-0.2, 0) is 10.0 Å². The largest absolute Gasteiger partial charge is 0.438 e. The lowest BCUT2D eigenvalue weighted by molar-refractivity contribution is 0.0950. The molecule has 8 heteroatoms. The van der Waals surface area contributed by atoms with Gasteiger partial charge in [0.2, 0.25) is 15.9 Å².